The number of fused-ring (bicyclic) bond motifs is 1. The summed E-state index contributed by atoms with van der Waals surface area (Å²) in [4.78, 5) is 6.51. The minimum absolute atomic E-state index is 0.676. The largest absolute Gasteiger partial charge is 0.451 e. The maximum Gasteiger partial charge on any atom is 0.0451 e. The lowest BCUT2D eigenvalue weighted by molar-refractivity contribution is 0.274. The zero-order valence-electron chi connectivity index (χ0n) is 9.88. The van der Waals surface area contributed by atoms with Crippen molar-refractivity contribution in [1.29, 1.82) is 0 Å². The van der Waals surface area contributed by atoms with Crippen LogP contribution in [0, 0.1) is 0 Å². The first-order chi connectivity index (χ1) is 8.83. The summed E-state index contributed by atoms with van der Waals surface area (Å²) < 4.78 is 0. The number of nitrogens with zero attached hydrogens (tertiary/aromatic N) is 3. The molecule has 0 saturated heterocycles. The highest BCUT2D eigenvalue weighted by Crippen LogP contribution is 2.29. The third-order valence-corrected chi connectivity index (χ3v) is 3.40. The highest BCUT2D eigenvalue weighted by Gasteiger charge is 2.12. The van der Waals surface area contributed by atoms with Gasteiger partial charge in [-0.1, -0.05) is 53.9 Å². The first-order valence-electron chi connectivity index (χ1n) is 5.90. The summed E-state index contributed by atoms with van der Waals surface area (Å²) in [6.45, 7) is 2.37. The van der Waals surface area contributed by atoms with Gasteiger partial charge in [-0.25, -0.2) is 0 Å². The summed E-state index contributed by atoms with van der Waals surface area (Å²) in [5.74, 6) is 0.868. The zero-order chi connectivity index (χ0) is 12.4. The molecule has 18 heavy (non-hydrogen) atoms. The van der Waals surface area contributed by atoms with E-state index in [1.165, 1.54) is 5.56 Å². The molecule has 0 N–H and O–H groups in total. The normalized spacial score (nSPS) is 14.9. The Bertz CT molecular complexity index is 556. The van der Waals surface area contributed by atoms with E-state index in [1.54, 1.807) is 6.20 Å². The van der Waals surface area contributed by atoms with Crippen molar-refractivity contribution in [2.45, 2.75) is 13.1 Å². The smallest absolute Gasteiger partial charge is 0.0451 e. The molecule has 1 aromatic carbocycles. The van der Waals surface area contributed by atoms with Gasteiger partial charge in [-0.2, -0.15) is 0 Å². The van der Waals surface area contributed by atoms with Crippen LogP contribution in [0.2, 0.25) is 5.02 Å². The first-order valence-corrected chi connectivity index (χ1v) is 6.28. The van der Waals surface area contributed by atoms with Crippen LogP contribution < -0.4 is 0 Å². The molecule has 1 aliphatic heterocycles. The van der Waals surface area contributed by atoms with E-state index in [9.17, 15) is 0 Å². The standard InChI is InChI=1S/C14H13ClN3/c15-13-6-2-1-4-11(13)8-18-9-12-5-3-7-16-14(12)17-10-18/h1-7H,8-10H2/q-1. The van der Waals surface area contributed by atoms with E-state index in [4.69, 9.17) is 11.6 Å². The van der Waals surface area contributed by atoms with Gasteiger partial charge in [0.2, 0.25) is 0 Å². The third-order valence-electron chi connectivity index (χ3n) is 3.03. The van der Waals surface area contributed by atoms with Crippen LogP contribution in [-0.2, 0) is 13.1 Å². The van der Waals surface area contributed by atoms with Crippen molar-refractivity contribution < 1.29 is 0 Å². The van der Waals surface area contributed by atoms with Crippen LogP contribution in [0.5, 0.6) is 0 Å². The number of benzene rings is 1. The molecule has 92 valence electrons. The number of aromatic nitrogens is 1. The lowest BCUT2D eigenvalue weighted by atomic mass is 10.1. The predicted molar refractivity (Wildman–Crippen MR) is 72.8 cm³/mol. The summed E-state index contributed by atoms with van der Waals surface area (Å²) in [5, 5.41) is 5.29. The van der Waals surface area contributed by atoms with Crippen molar-refractivity contribution in [2.75, 3.05) is 6.67 Å². The van der Waals surface area contributed by atoms with Crippen LogP contribution >= 0.6 is 11.6 Å². The minimum atomic E-state index is 0.676. The summed E-state index contributed by atoms with van der Waals surface area (Å²) in [5.41, 5.74) is 2.32. The molecule has 2 aromatic rings. The van der Waals surface area contributed by atoms with E-state index in [1.807, 2.05) is 24.3 Å². The maximum absolute atomic E-state index is 6.17. The van der Waals surface area contributed by atoms with Gasteiger partial charge < -0.3 is 10.3 Å². The molecule has 0 bridgehead atoms. The van der Waals surface area contributed by atoms with E-state index >= 15 is 0 Å². The van der Waals surface area contributed by atoms with Crippen LogP contribution in [0.4, 0.5) is 5.82 Å². The molecule has 3 rings (SSSR count). The Morgan fingerprint density at radius 1 is 1.22 bits per heavy atom. The Labute approximate surface area is 111 Å². The second-order valence-corrected chi connectivity index (χ2v) is 4.77. The highest BCUT2D eigenvalue weighted by atomic mass is 35.5. The van der Waals surface area contributed by atoms with Gasteiger partial charge in [0, 0.05) is 24.8 Å². The molecule has 0 amide bonds. The van der Waals surface area contributed by atoms with Crippen LogP contribution in [-0.4, -0.2) is 16.6 Å². The number of rotatable bonds is 2. The van der Waals surface area contributed by atoms with Crippen molar-refractivity contribution in [3.63, 3.8) is 0 Å². The quantitative estimate of drug-likeness (QED) is 0.822. The van der Waals surface area contributed by atoms with Crippen LogP contribution in [0.15, 0.2) is 42.6 Å². The van der Waals surface area contributed by atoms with Gasteiger partial charge >= 0.3 is 0 Å². The van der Waals surface area contributed by atoms with Crippen molar-refractivity contribution >= 4 is 17.4 Å². The second-order valence-electron chi connectivity index (χ2n) is 4.36. The van der Waals surface area contributed by atoms with E-state index in [-0.39, 0.29) is 0 Å². The zero-order valence-corrected chi connectivity index (χ0v) is 10.6. The summed E-state index contributed by atoms with van der Waals surface area (Å²) >= 11 is 6.17. The molecule has 0 aliphatic carbocycles. The Morgan fingerprint density at radius 3 is 3.00 bits per heavy atom. The van der Waals surface area contributed by atoms with Crippen molar-refractivity contribution in [3.05, 3.63) is 64.1 Å². The van der Waals surface area contributed by atoms with Crippen molar-refractivity contribution in [3.8, 4) is 0 Å². The topological polar surface area (TPSA) is 30.2 Å². The molecular formula is C14H13ClN3-. The average molecular weight is 259 g/mol. The van der Waals surface area contributed by atoms with Crippen LogP contribution in [0.3, 0.4) is 0 Å². The fourth-order valence-electron chi connectivity index (χ4n) is 2.13. The summed E-state index contributed by atoms with van der Waals surface area (Å²) in [6, 6.07) is 12.0. The van der Waals surface area contributed by atoms with Crippen LogP contribution in [0.1, 0.15) is 11.1 Å². The Kier molecular flexibility index (Phi) is 3.17. The lowest BCUT2D eigenvalue weighted by Crippen LogP contribution is -2.26. The SMILES string of the molecule is Clc1ccccc1CN1C[N-]c2ncccc2C1. The summed E-state index contributed by atoms with van der Waals surface area (Å²) in [6.07, 6.45) is 1.78. The van der Waals surface area contributed by atoms with E-state index in [0.717, 1.165) is 29.5 Å². The molecule has 2 heterocycles. The van der Waals surface area contributed by atoms with Gasteiger partial charge in [0.05, 0.1) is 0 Å². The number of hydrogen-bond acceptors (Lipinski definition) is 2. The number of pyridine rings is 1. The lowest BCUT2D eigenvalue weighted by Gasteiger charge is -2.34. The number of hydrogen-bond donors (Lipinski definition) is 0. The molecule has 1 aliphatic rings. The van der Waals surface area contributed by atoms with Gasteiger partial charge in [-0.15, -0.1) is 0 Å². The number of halogens is 1. The maximum atomic E-state index is 6.17. The molecule has 0 fully saturated rings. The highest BCUT2D eigenvalue weighted by molar-refractivity contribution is 6.31. The van der Waals surface area contributed by atoms with Gasteiger partial charge in [0.15, 0.2) is 0 Å². The van der Waals surface area contributed by atoms with Gasteiger partial charge in [0.1, 0.15) is 0 Å². The molecule has 4 heteroatoms. The van der Waals surface area contributed by atoms with Crippen LogP contribution in [0.25, 0.3) is 5.32 Å². The third kappa shape index (κ3) is 2.33. The fourth-order valence-corrected chi connectivity index (χ4v) is 2.32. The fraction of sp³-hybridized carbons (Fsp3) is 0.214. The molecule has 0 atom stereocenters. The second kappa shape index (κ2) is 4.96. The van der Waals surface area contributed by atoms with Crippen molar-refractivity contribution in [1.82, 2.24) is 9.88 Å². The monoisotopic (exact) mass is 258 g/mol. The average Bonchev–Trinajstić information content (AvgIpc) is 2.41. The Balaban J connectivity index is 1.75. The minimum Gasteiger partial charge on any atom is -0.451 e. The van der Waals surface area contributed by atoms with Gasteiger partial charge in [0.25, 0.3) is 0 Å². The molecule has 0 unspecified atom stereocenters. The molecule has 0 radical (unpaired) electrons. The van der Waals surface area contributed by atoms with E-state index in [2.05, 4.69) is 27.3 Å². The van der Waals surface area contributed by atoms with Gasteiger partial charge in [-0.05, 0) is 17.2 Å². The molecule has 0 saturated carbocycles. The molecule has 3 nitrogen and oxygen atoms in total. The Morgan fingerprint density at radius 2 is 2.11 bits per heavy atom. The predicted octanol–water partition coefficient (Wildman–Crippen LogP) is 3.71. The van der Waals surface area contributed by atoms with Gasteiger partial charge in [-0.3, -0.25) is 4.90 Å². The van der Waals surface area contributed by atoms with E-state index < -0.39 is 0 Å². The molecular weight excluding hydrogens is 246 g/mol. The van der Waals surface area contributed by atoms with Crippen molar-refractivity contribution in [2.24, 2.45) is 0 Å². The Hall–Kier alpha value is -1.58. The molecule has 0 spiro atoms. The van der Waals surface area contributed by atoms with E-state index in [0.29, 0.717) is 6.67 Å². The summed E-state index contributed by atoms with van der Waals surface area (Å²) in [7, 11) is 0. The first kappa shape index (κ1) is 11.5. The molecule has 1 aromatic heterocycles.